The van der Waals surface area contributed by atoms with Gasteiger partial charge in [-0.25, -0.2) is 4.98 Å². The molecule has 0 N–H and O–H groups in total. The Labute approximate surface area is 200 Å². The highest BCUT2D eigenvalue weighted by Gasteiger charge is 2.29. The number of hydrogen-bond donors (Lipinski definition) is 0. The molecule has 34 heavy (non-hydrogen) atoms. The van der Waals surface area contributed by atoms with E-state index in [1.54, 1.807) is 34.9 Å². The van der Waals surface area contributed by atoms with E-state index in [2.05, 4.69) is 4.98 Å². The maximum absolute atomic E-state index is 13.0. The summed E-state index contributed by atoms with van der Waals surface area (Å²) in [5.41, 5.74) is 2.94. The molecule has 0 bridgehead atoms. The van der Waals surface area contributed by atoms with E-state index >= 15 is 0 Å². The van der Waals surface area contributed by atoms with Gasteiger partial charge in [-0.05, 0) is 60.4 Å². The van der Waals surface area contributed by atoms with Gasteiger partial charge in [-0.3, -0.25) is 9.20 Å². The number of rotatable bonds is 8. The summed E-state index contributed by atoms with van der Waals surface area (Å²) in [6, 6.07) is 15.8. The van der Waals surface area contributed by atoms with Crippen LogP contribution in [-0.4, -0.2) is 15.2 Å². The quantitative estimate of drug-likeness (QED) is 0.253. The molecule has 0 saturated carbocycles. The van der Waals surface area contributed by atoms with Crippen molar-refractivity contribution in [1.29, 1.82) is 0 Å². The number of ether oxygens (including phenoxy) is 1. The van der Waals surface area contributed by atoms with E-state index in [0.29, 0.717) is 46.9 Å². The lowest BCUT2D eigenvalue weighted by atomic mass is 10.0. The van der Waals surface area contributed by atoms with E-state index in [0.717, 1.165) is 23.4 Å². The SMILES string of the molecule is CCc1nc2ccc(Cl)cn2c1C(=O)CCc1ccc(OCc2ccc(C(F)(F)F)cc2)cc1. The van der Waals surface area contributed by atoms with Gasteiger partial charge in [-0.15, -0.1) is 0 Å². The van der Waals surface area contributed by atoms with E-state index < -0.39 is 11.7 Å². The molecule has 4 nitrogen and oxygen atoms in total. The number of imidazole rings is 1. The number of carbonyl (C=O) groups is 1. The molecular weight excluding hydrogens is 465 g/mol. The van der Waals surface area contributed by atoms with Crippen LogP contribution in [0.4, 0.5) is 13.2 Å². The zero-order valence-corrected chi connectivity index (χ0v) is 19.2. The van der Waals surface area contributed by atoms with Gasteiger partial charge in [0.05, 0.1) is 16.3 Å². The number of alkyl halides is 3. The topological polar surface area (TPSA) is 43.6 Å². The largest absolute Gasteiger partial charge is 0.489 e. The number of fused-ring (bicyclic) bond motifs is 1. The Bertz CT molecular complexity index is 1300. The number of halogens is 4. The van der Waals surface area contributed by atoms with Crippen LogP contribution in [0.5, 0.6) is 5.75 Å². The highest BCUT2D eigenvalue weighted by molar-refractivity contribution is 6.30. The normalized spacial score (nSPS) is 11.7. The van der Waals surface area contributed by atoms with Crippen LogP contribution in [-0.2, 0) is 25.6 Å². The molecular formula is C26H22ClF3N2O2. The van der Waals surface area contributed by atoms with E-state index in [9.17, 15) is 18.0 Å². The van der Waals surface area contributed by atoms with Crippen LogP contribution in [0.3, 0.4) is 0 Å². The number of Topliss-reactive ketones (excluding diaryl/α,β-unsaturated/α-hetero) is 1. The van der Waals surface area contributed by atoms with Crippen LogP contribution < -0.4 is 4.74 Å². The van der Waals surface area contributed by atoms with Gasteiger partial charge in [0.15, 0.2) is 5.78 Å². The van der Waals surface area contributed by atoms with Crippen molar-refractivity contribution in [2.75, 3.05) is 0 Å². The average Bonchev–Trinajstić information content (AvgIpc) is 3.19. The summed E-state index contributed by atoms with van der Waals surface area (Å²) in [4.78, 5) is 17.5. The predicted molar refractivity (Wildman–Crippen MR) is 124 cm³/mol. The molecule has 0 radical (unpaired) electrons. The first-order valence-corrected chi connectivity index (χ1v) is 11.2. The molecule has 0 saturated heterocycles. The standard InChI is InChI=1S/C26H22ClF3N2O2/c1-2-22-25(32-15-20(27)10-14-24(32)31-22)23(33)13-7-17-5-11-21(12-6-17)34-16-18-3-8-19(9-4-18)26(28,29)30/h3-6,8-12,14-15H,2,7,13,16H2,1H3. The maximum Gasteiger partial charge on any atom is 0.416 e. The summed E-state index contributed by atoms with van der Waals surface area (Å²) < 4.78 is 45.4. The van der Waals surface area contributed by atoms with Crippen LogP contribution in [0, 0.1) is 0 Å². The molecule has 2 aromatic heterocycles. The Morgan fingerprint density at radius 3 is 2.32 bits per heavy atom. The van der Waals surface area contributed by atoms with Crippen molar-refractivity contribution in [3.63, 3.8) is 0 Å². The lowest BCUT2D eigenvalue weighted by Crippen LogP contribution is -2.08. The molecule has 0 fully saturated rings. The molecule has 176 valence electrons. The van der Waals surface area contributed by atoms with Gasteiger partial charge in [0.1, 0.15) is 23.7 Å². The summed E-state index contributed by atoms with van der Waals surface area (Å²) >= 11 is 6.11. The number of hydrogen-bond acceptors (Lipinski definition) is 3. The van der Waals surface area contributed by atoms with Gasteiger partial charge in [0, 0.05) is 12.6 Å². The monoisotopic (exact) mass is 486 g/mol. The molecule has 4 aromatic rings. The number of aromatic nitrogens is 2. The van der Waals surface area contributed by atoms with Crippen molar-refractivity contribution in [3.8, 4) is 5.75 Å². The minimum absolute atomic E-state index is 0.00533. The second kappa shape index (κ2) is 9.89. The fourth-order valence-electron chi connectivity index (χ4n) is 3.69. The Kier molecular flexibility index (Phi) is 6.93. The Hall–Kier alpha value is -3.32. The Morgan fingerprint density at radius 2 is 1.68 bits per heavy atom. The maximum atomic E-state index is 13.0. The lowest BCUT2D eigenvalue weighted by Gasteiger charge is -2.10. The number of nitrogens with zero attached hydrogens (tertiary/aromatic N) is 2. The van der Waals surface area contributed by atoms with Crippen molar-refractivity contribution in [2.45, 2.75) is 39.0 Å². The lowest BCUT2D eigenvalue weighted by molar-refractivity contribution is -0.137. The second-order valence-corrected chi connectivity index (χ2v) is 8.32. The fraction of sp³-hybridized carbons (Fsp3) is 0.231. The first-order valence-electron chi connectivity index (χ1n) is 10.8. The van der Waals surface area contributed by atoms with Crippen LogP contribution in [0.1, 0.15) is 46.2 Å². The minimum atomic E-state index is -4.35. The second-order valence-electron chi connectivity index (χ2n) is 7.89. The van der Waals surface area contributed by atoms with E-state index in [-0.39, 0.29) is 12.4 Å². The molecule has 8 heteroatoms. The number of ketones is 1. The minimum Gasteiger partial charge on any atom is -0.489 e. The first-order chi connectivity index (χ1) is 16.2. The molecule has 0 aliphatic rings. The zero-order chi connectivity index (χ0) is 24.3. The molecule has 0 unspecified atom stereocenters. The van der Waals surface area contributed by atoms with E-state index in [1.807, 2.05) is 19.1 Å². The Morgan fingerprint density at radius 1 is 1.00 bits per heavy atom. The third-order valence-electron chi connectivity index (χ3n) is 5.50. The Balaban J connectivity index is 1.36. The van der Waals surface area contributed by atoms with E-state index in [1.165, 1.54) is 12.1 Å². The van der Waals surface area contributed by atoms with E-state index in [4.69, 9.17) is 16.3 Å². The van der Waals surface area contributed by atoms with Crippen molar-refractivity contribution in [2.24, 2.45) is 0 Å². The summed E-state index contributed by atoms with van der Waals surface area (Å²) in [6.07, 6.45) is -1.13. The van der Waals surface area contributed by atoms with Crippen molar-refractivity contribution in [3.05, 3.63) is 100.0 Å². The van der Waals surface area contributed by atoms with Gasteiger partial charge >= 0.3 is 6.18 Å². The fourth-order valence-corrected chi connectivity index (χ4v) is 3.86. The zero-order valence-electron chi connectivity index (χ0n) is 18.4. The highest BCUT2D eigenvalue weighted by Crippen LogP contribution is 2.29. The molecule has 0 spiro atoms. The summed E-state index contributed by atoms with van der Waals surface area (Å²) in [7, 11) is 0. The number of benzene rings is 2. The van der Waals surface area contributed by atoms with Crippen molar-refractivity contribution >= 4 is 23.0 Å². The van der Waals surface area contributed by atoms with Gasteiger partial charge < -0.3 is 4.74 Å². The smallest absolute Gasteiger partial charge is 0.416 e. The summed E-state index contributed by atoms with van der Waals surface area (Å²) in [5.74, 6) is 0.592. The van der Waals surface area contributed by atoms with Gasteiger partial charge in [0.2, 0.25) is 0 Å². The molecule has 4 rings (SSSR count). The van der Waals surface area contributed by atoms with Crippen molar-refractivity contribution < 1.29 is 22.7 Å². The first kappa shape index (κ1) is 23.8. The molecule has 0 amide bonds. The predicted octanol–water partition coefficient (Wildman–Crippen LogP) is 6.96. The van der Waals surface area contributed by atoms with Crippen molar-refractivity contribution in [1.82, 2.24) is 9.38 Å². The summed E-state index contributed by atoms with van der Waals surface area (Å²) in [5, 5.41) is 0.536. The number of carbonyl (C=O) groups excluding carboxylic acids is 1. The summed E-state index contributed by atoms with van der Waals surface area (Å²) in [6.45, 7) is 2.12. The van der Waals surface area contributed by atoms with Gasteiger partial charge in [-0.2, -0.15) is 13.2 Å². The average molecular weight is 487 g/mol. The third-order valence-corrected chi connectivity index (χ3v) is 5.73. The molecule has 0 aliphatic carbocycles. The van der Waals surface area contributed by atoms with Crippen LogP contribution in [0.2, 0.25) is 5.02 Å². The number of aryl methyl sites for hydroxylation is 2. The van der Waals surface area contributed by atoms with Gasteiger partial charge in [-0.1, -0.05) is 42.8 Å². The molecule has 2 aromatic carbocycles. The molecule has 0 aliphatic heterocycles. The van der Waals surface area contributed by atoms with Crippen LogP contribution >= 0.6 is 11.6 Å². The highest BCUT2D eigenvalue weighted by atomic mass is 35.5. The third kappa shape index (κ3) is 5.42. The molecule has 2 heterocycles. The number of pyridine rings is 1. The molecule has 0 atom stereocenters. The van der Waals surface area contributed by atoms with Crippen LogP contribution in [0.15, 0.2) is 66.9 Å². The van der Waals surface area contributed by atoms with Crippen LogP contribution in [0.25, 0.3) is 5.65 Å². The van der Waals surface area contributed by atoms with Gasteiger partial charge in [0.25, 0.3) is 0 Å².